The van der Waals surface area contributed by atoms with Gasteiger partial charge in [0, 0.05) is 13.1 Å². The number of ether oxygens (including phenoxy) is 1. The number of thioether (sulfide) groups is 1. The highest BCUT2D eigenvalue weighted by Gasteiger charge is 2.34. The SMILES string of the molecule is CSC(C)OCC1(F)CCN(C)CC1. The molecule has 1 aliphatic heterocycles. The third kappa shape index (κ3) is 3.75. The molecule has 2 nitrogen and oxygen atoms in total. The highest BCUT2D eigenvalue weighted by molar-refractivity contribution is 7.99. The summed E-state index contributed by atoms with van der Waals surface area (Å²) < 4.78 is 19.5. The Labute approximate surface area is 90.2 Å². The number of likely N-dealkylation sites (tertiary alicyclic amines) is 1. The number of piperidine rings is 1. The van der Waals surface area contributed by atoms with E-state index in [2.05, 4.69) is 4.90 Å². The van der Waals surface area contributed by atoms with E-state index < -0.39 is 5.67 Å². The zero-order chi connectivity index (χ0) is 10.6. The van der Waals surface area contributed by atoms with Gasteiger partial charge in [-0.05, 0) is 33.1 Å². The van der Waals surface area contributed by atoms with Crippen LogP contribution in [-0.4, -0.2) is 49.0 Å². The van der Waals surface area contributed by atoms with Crippen LogP contribution in [0.5, 0.6) is 0 Å². The van der Waals surface area contributed by atoms with Gasteiger partial charge < -0.3 is 9.64 Å². The lowest BCUT2D eigenvalue weighted by Gasteiger charge is -2.34. The van der Waals surface area contributed by atoms with Crippen LogP contribution < -0.4 is 0 Å². The Morgan fingerprint density at radius 3 is 2.57 bits per heavy atom. The van der Waals surface area contributed by atoms with Gasteiger partial charge in [-0.1, -0.05) is 0 Å². The molecule has 0 spiro atoms. The summed E-state index contributed by atoms with van der Waals surface area (Å²) in [6.45, 7) is 3.90. The lowest BCUT2D eigenvalue weighted by Crippen LogP contribution is -2.43. The second-order valence-corrected chi connectivity index (χ2v) is 5.20. The largest absolute Gasteiger partial charge is 0.365 e. The van der Waals surface area contributed by atoms with Gasteiger partial charge in [-0.3, -0.25) is 0 Å². The maximum Gasteiger partial charge on any atom is 0.136 e. The first-order valence-corrected chi connectivity index (χ1v) is 6.36. The maximum absolute atomic E-state index is 14.1. The Morgan fingerprint density at radius 2 is 2.07 bits per heavy atom. The topological polar surface area (TPSA) is 12.5 Å². The van der Waals surface area contributed by atoms with E-state index >= 15 is 0 Å². The Kier molecular flexibility index (Phi) is 4.67. The lowest BCUT2D eigenvalue weighted by molar-refractivity contribution is -0.0252. The zero-order valence-electron chi connectivity index (χ0n) is 9.25. The van der Waals surface area contributed by atoms with Crippen LogP contribution in [0.15, 0.2) is 0 Å². The quantitative estimate of drug-likeness (QED) is 0.675. The van der Waals surface area contributed by atoms with Crippen molar-refractivity contribution in [1.82, 2.24) is 4.90 Å². The Hall–Kier alpha value is 0.200. The van der Waals surface area contributed by atoms with Crippen LogP contribution >= 0.6 is 11.8 Å². The van der Waals surface area contributed by atoms with E-state index in [-0.39, 0.29) is 12.0 Å². The van der Waals surface area contributed by atoms with Crippen LogP contribution in [-0.2, 0) is 4.74 Å². The van der Waals surface area contributed by atoms with E-state index in [1.54, 1.807) is 11.8 Å². The molecule has 1 aliphatic rings. The smallest absolute Gasteiger partial charge is 0.136 e. The maximum atomic E-state index is 14.1. The van der Waals surface area contributed by atoms with Crippen molar-refractivity contribution in [2.45, 2.75) is 30.9 Å². The van der Waals surface area contributed by atoms with Crippen LogP contribution in [0.1, 0.15) is 19.8 Å². The lowest BCUT2D eigenvalue weighted by atomic mass is 9.95. The van der Waals surface area contributed by atoms with Gasteiger partial charge in [-0.25, -0.2) is 4.39 Å². The average Bonchev–Trinajstić information content (AvgIpc) is 2.20. The molecule has 1 unspecified atom stereocenters. The summed E-state index contributed by atoms with van der Waals surface area (Å²) in [4.78, 5) is 2.16. The highest BCUT2D eigenvalue weighted by Crippen LogP contribution is 2.27. The summed E-state index contributed by atoms with van der Waals surface area (Å²) in [5, 5.41) is 0. The summed E-state index contributed by atoms with van der Waals surface area (Å²) in [5.41, 5.74) is -0.987. The molecule has 0 aliphatic carbocycles. The molecule has 1 saturated heterocycles. The van der Waals surface area contributed by atoms with Crippen LogP contribution in [0.3, 0.4) is 0 Å². The fraction of sp³-hybridized carbons (Fsp3) is 1.00. The molecule has 84 valence electrons. The Morgan fingerprint density at radius 1 is 1.50 bits per heavy atom. The van der Waals surface area contributed by atoms with Crippen LogP contribution in [0.2, 0.25) is 0 Å². The van der Waals surface area contributed by atoms with E-state index in [9.17, 15) is 4.39 Å². The van der Waals surface area contributed by atoms with E-state index in [1.165, 1.54) is 0 Å². The molecule has 1 atom stereocenters. The first-order chi connectivity index (χ1) is 6.56. The molecular formula is C10H20FNOS. The van der Waals surface area contributed by atoms with Gasteiger partial charge in [0.15, 0.2) is 0 Å². The molecular weight excluding hydrogens is 201 g/mol. The standard InChI is InChI=1S/C10H20FNOS/c1-9(14-3)13-8-10(11)4-6-12(2)7-5-10/h9H,4-8H2,1-3H3. The number of rotatable bonds is 4. The van der Waals surface area contributed by atoms with Gasteiger partial charge in [-0.2, -0.15) is 0 Å². The number of hydrogen-bond acceptors (Lipinski definition) is 3. The van der Waals surface area contributed by atoms with Crippen molar-refractivity contribution in [3.63, 3.8) is 0 Å². The third-order valence-corrected chi connectivity index (χ3v) is 3.59. The number of hydrogen-bond donors (Lipinski definition) is 0. The fourth-order valence-electron chi connectivity index (χ4n) is 1.50. The second kappa shape index (κ2) is 5.33. The summed E-state index contributed by atoms with van der Waals surface area (Å²) in [6.07, 6.45) is 3.18. The molecule has 0 aromatic rings. The number of halogens is 1. The van der Waals surface area contributed by atoms with E-state index in [1.807, 2.05) is 20.2 Å². The molecule has 14 heavy (non-hydrogen) atoms. The highest BCUT2D eigenvalue weighted by atomic mass is 32.2. The molecule has 0 aromatic heterocycles. The van der Waals surface area contributed by atoms with E-state index in [4.69, 9.17) is 4.74 Å². The molecule has 1 heterocycles. The molecule has 4 heteroatoms. The normalized spacial score (nSPS) is 24.9. The van der Waals surface area contributed by atoms with Gasteiger partial charge in [0.05, 0.1) is 12.0 Å². The molecule has 0 saturated carbocycles. The molecule has 0 bridgehead atoms. The Balaban J connectivity index is 2.28. The van der Waals surface area contributed by atoms with Crippen molar-refractivity contribution in [2.24, 2.45) is 0 Å². The fourth-order valence-corrected chi connectivity index (χ4v) is 1.70. The van der Waals surface area contributed by atoms with E-state index in [0.717, 1.165) is 13.1 Å². The predicted octanol–water partition coefficient (Wildman–Crippen LogP) is 2.15. The van der Waals surface area contributed by atoms with Crippen molar-refractivity contribution in [3.05, 3.63) is 0 Å². The number of alkyl halides is 1. The first kappa shape index (κ1) is 12.3. The summed E-state index contributed by atoms with van der Waals surface area (Å²) in [5.74, 6) is 0. The van der Waals surface area contributed by atoms with Crippen molar-refractivity contribution < 1.29 is 9.13 Å². The summed E-state index contributed by atoms with van der Waals surface area (Å²) in [6, 6.07) is 0. The monoisotopic (exact) mass is 221 g/mol. The minimum atomic E-state index is -1.09. The van der Waals surface area contributed by atoms with Crippen LogP contribution in [0.4, 0.5) is 4.39 Å². The summed E-state index contributed by atoms with van der Waals surface area (Å²) in [7, 11) is 2.03. The average molecular weight is 221 g/mol. The van der Waals surface area contributed by atoms with E-state index in [0.29, 0.717) is 12.8 Å². The predicted molar refractivity (Wildman–Crippen MR) is 59.5 cm³/mol. The minimum absolute atomic E-state index is 0.0993. The third-order valence-electron chi connectivity index (χ3n) is 2.79. The van der Waals surface area contributed by atoms with Crippen molar-refractivity contribution in [3.8, 4) is 0 Å². The van der Waals surface area contributed by atoms with Crippen molar-refractivity contribution in [2.75, 3.05) is 33.0 Å². The van der Waals surface area contributed by atoms with Crippen LogP contribution in [0, 0.1) is 0 Å². The van der Waals surface area contributed by atoms with Gasteiger partial charge in [-0.15, -0.1) is 11.8 Å². The Bertz CT molecular complexity index is 172. The first-order valence-electron chi connectivity index (χ1n) is 5.07. The molecule has 0 aromatic carbocycles. The van der Waals surface area contributed by atoms with Crippen LogP contribution in [0.25, 0.3) is 0 Å². The van der Waals surface area contributed by atoms with Gasteiger partial charge >= 0.3 is 0 Å². The molecule has 0 N–H and O–H groups in total. The molecule has 0 radical (unpaired) electrons. The van der Waals surface area contributed by atoms with Gasteiger partial charge in [0.1, 0.15) is 5.67 Å². The zero-order valence-corrected chi connectivity index (χ0v) is 10.1. The second-order valence-electron chi connectivity index (χ2n) is 4.07. The molecule has 0 amide bonds. The molecule has 1 rings (SSSR count). The number of nitrogens with zero attached hydrogens (tertiary/aromatic N) is 1. The molecule has 1 fully saturated rings. The van der Waals surface area contributed by atoms with Gasteiger partial charge in [0.2, 0.25) is 0 Å². The van der Waals surface area contributed by atoms with Gasteiger partial charge in [0.25, 0.3) is 0 Å². The minimum Gasteiger partial charge on any atom is -0.365 e. The summed E-state index contributed by atoms with van der Waals surface area (Å²) >= 11 is 1.61. The van der Waals surface area contributed by atoms with Crippen molar-refractivity contribution >= 4 is 11.8 Å². The van der Waals surface area contributed by atoms with Crippen molar-refractivity contribution in [1.29, 1.82) is 0 Å².